The average molecular weight is 278 g/mol. The highest BCUT2D eigenvalue weighted by atomic mass is 19.1. The Morgan fingerprint density at radius 3 is 2.45 bits per heavy atom. The molecular weight excluding hydrogens is 262 g/mol. The summed E-state index contributed by atoms with van der Waals surface area (Å²) in [5.41, 5.74) is 4.41. The van der Waals surface area contributed by atoms with E-state index >= 15 is 0 Å². The van der Waals surface area contributed by atoms with E-state index in [2.05, 4.69) is 5.43 Å². The molecule has 2 aromatic rings. The van der Waals surface area contributed by atoms with Crippen LogP contribution >= 0.6 is 0 Å². The van der Waals surface area contributed by atoms with Crippen molar-refractivity contribution in [1.82, 2.24) is 5.43 Å². The number of methoxy groups -OCH3 is 1. The molecule has 0 aliphatic heterocycles. The number of hydrogen-bond donors (Lipinski definition) is 2. The Morgan fingerprint density at radius 2 is 1.85 bits per heavy atom. The predicted octanol–water partition coefficient (Wildman–Crippen LogP) is 2.72. The number of halogens is 2. The van der Waals surface area contributed by atoms with E-state index in [0.717, 1.165) is 11.1 Å². The molecule has 3 nitrogen and oxygen atoms in total. The lowest BCUT2D eigenvalue weighted by Crippen LogP contribution is -2.29. The number of rotatable bonds is 5. The van der Waals surface area contributed by atoms with Gasteiger partial charge in [0.1, 0.15) is 5.82 Å². The van der Waals surface area contributed by atoms with Crippen molar-refractivity contribution in [1.29, 1.82) is 0 Å². The number of ether oxygens (including phenoxy) is 1. The highest BCUT2D eigenvalue weighted by molar-refractivity contribution is 5.33. The third-order valence-electron chi connectivity index (χ3n) is 3.13. The highest BCUT2D eigenvalue weighted by Gasteiger charge is 2.13. The molecule has 0 aromatic heterocycles. The standard InChI is InChI=1S/C15H16F2N2O/c1-20-15-9-11(4-7-13(15)17)14(19-18)8-10-2-5-12(16)6-3-10/h2-7,9,14,19H,8,18H2,1H3. The molecule has 3 N–H and O–H groups in total. The van der Waals surface area contributed by atoms with Gasteiger partial charge < -0.3 is 4.74 Å². The second kappa shape index (κ2) is 6.45. The zero-order valence-corrected chi connectivity index (χ0v) is 11.1. The Bertz CT molecular complexity index is 573. The summed E-state index contributed by atoms with van der Waals surface area (Å²) < 4.78 is 31.2. The predicted molar refractivity (Wildman–Crippen MR) is 73.1 cm³/mol. The molecule has 20 heavy (non-hydrogen) atoms. The van der Waals surface area contributed by atoms with Crippen LogP contribution in [0.2, 0.25) is 0 Å². The maximum absolute atomic E-state index is 13.4. The van der Waals surface area contributed by atoms with E-state index in [0.29, 0.717) is 6.42 Å². The summed E-state index contributed by atoms with van der Waals surface area (Å²) in [7, 11) is 1.41. The third-order valence-corrected chi connectivity index (χ3v) is 3.13. The minimum Gasteiger partial charge on any atom is -0.494 e. The van der Waals surface area contributed by atoms with E-state index in [4.69, 9.17) is 10.6 Å². The number of hydrazine groups is 1. The molecule has 5 heteroatoms. The molecule has 0 amide bonds. The Morgan fingerprint density at radius 1 is 1.15 bits per heavy atom. The topological polar surface area (TPSA) is 47.3 Å². The van der Waals surface area contributed by atoms with Crippen LogP contribution in [0.25, 0.3) is 0 Å². The Balaban J connectivity index is 2.21. The minimum atomic E-state index is -0.422. The monoisotopic (exact) mass is 278 g/mol. The molecule has 0 saturated carbocycles. The first-order chi connectivity index (χ1) is 9.63. The van der Waals surface area contributed by atoms with Crippen LogP contribution in [-0.4, -0.2) is 7.11 Å². The van der Waals surface area contributed by atoms with E-state index in [1.165, 1.54) is 25.3 Å². The summed E-state index contributed by atoms with van der Waals surface area (Å²) in [5, 5.41) is 0. The van der Waals surface area contributed by atoms with Crippen LogP contribution in [0, 0.1) is 11.6 Å². The zero-order valence-electron chi connectivity index (χ0n) is 11.1. The van der Waals surface area contributed by atoms with Gasteiger partial charge in [-0.1, -0.05) is 18.2 Å². The van der Waals surface area contributed by atoms with E-state index in [1.807, 2.05) is 0 Å². The Labute approximate surface area is 116 Å². The van der Waals surface area contributed by atoms with Gasteiger partial charge in [0.25, 0.3) is 0 Å². The molecule has 0 radical (unpaired) electrons. The molecule has 0 aliphatic carbocycles. The van der Waals surface area contributed by atoms with Crippen LogP contribution in [0.5, 0.6) is 5.75 Å². The quantitative estimate of drug-likeness (QED) is 0.653. The van der Waals surface area contributed by atoms with Crippen molar-refractivity contribution in [3.8, 4) is 5.75 Å². The average Bonchev–Trinajstić information content (AvgIpc) is 2.47. The number of nitrogens with one attached hydrogen (secondary N) is 1. The lowest BCUT2D eigenvalue weighted by molar-refractivity contribution is 0.384. The first-order valence-corrected chi connectivity index (χ1v) is 6.18. The zero-order chi connectivity index (χ0) is 14.5. The van der Waals surface area contributed by atoms with E-state index in [-0.39, 0.29) is 17.6 Å². The van der Waals surface area contributed by atoms with Crippen LogP contribution in [0.3, 0.4) is 0 Å². The molecule has 1 atom stereocenters. The summed E-state index contributed by atoms with van der Waals surface area (Å²) in [6.45, 7) is 0. The molecule has 2 aromatic carbocycles. The largest absolute Gasteiger partial charge is 0.494 e. The van der Waals surface area contributed by atoms with Gasteiger partial charge in [-0.2, -0.15) is 0 Å². The van der Waals surface area contributed by atoms with Crippen molar-refractivity contribution < 1.29 is 13.5 Å². The van der Waals surface area contributed by atoms with Gasteiger partial charge in [0.2, 0.25) is 0 Å². The van der Waals surface area contributed by atoms with Gasteiger partial charge in [0.05, 0.1) is 13.2 Å². The van der Waals surface area contributed by atoms with Crippen molar-refractivity contribution >= 4 is 0 Å². The van der Waals surface area contributed by atoms with Gasteiger partial charge in [0.15, 0.2) is 11.6 Å². The fourth-order valence-corrected chi connectivity index (χ4v) is 2.02. The fraction of sp³-hybridized carbons (Fsp3) is 0.200. The molecule has 0 fully saturated rings. The molecule has 0 saturated heterocycles. The number of benzene rings is 2. The summed E-state index contributed by atoms with van der Waals surface area (Å²) in [4.78, 5) is 0. The van der Waals surface area contributed by atoms with E-state index in [1.54, 1.807) is 24.3 Å². The smallest absolute Gasteiger partial charge is 0.165 e. The lowest BCUT2D eigenvalue weighted by Gasteiger charge is -2.17. The molecule has 0 spiro atoms. The minimum absolute atomic E-state index is 0.168. The fourth-order valence-electron chi connectivity index (χ4n) is 2.02. The normalized spacial score (nSPS) is 12.2. The summed E-state index contributed by atoms with van der Waals surface area (Å²) in [6.07, 6.45) is 0.561. The van der Waals surface area contributed by atoms with Crippen molar-refractivity contribution in [3.05, 3.63) is 65.2 Å². The van der Waals surface area contributed by atoms with E-state index < -0.39 is 5.82 Å². The van der Waals surface area contributed by atoms with Crippen LogP contribution in [0.1, 0.15) is 17.2 Å². The molecule has 0 aliphatic rings. The van der Waals surface area contributed by atoms with Gasteiger partial charge in [-0.15, -0.1) is 0 Å². The van der Waals surface area contributed by atoms with Crippen LogP contribution in [0.4, 0.5) is 8.78 Å². The van der Waals surface area contributed by atoms with Crippen LogP contribution in [-0.2, 0) is 6.42 Å². The highest BCUT2D eigenvalue weighted by Crippen LogP contribution is 2.24. The summed E-state index contributed by atoms with van der Waals surface area (Å²) in [5.74, 6) is 5.02. The number of hydrogen-bond acceptors (Lipinski definition) is 3. The second-order valence-corrected chi connectivity index (χ2v) is 4.44. The summed E-state index contributed by atoms with van der Waals surface area (Å²) >= 11 is 0. The first kappa shape index (κ1) is 14.4. The maximum atomic E-state index is 13.4. The molecule has 1 unspecified atom stereocenters. The van der Waals surface area contributed by atoms with Gasteiger partial charge in [0, 0.05) is 0 Å². The van der Waals surface area contributed by atoms with Crippen molar-refractivity contribution in [2.75, 3.05) is 7.11 Å². The van der Waals surface area contributed by atoms with Gasteiger partial charge in [-0.3, -0.25) is 11.3 Å². The van der Waals surface area contributed by atoms with E-state index in [9.17, 15) is 8.78 Å². The molecule has 0 bridgehead atoms. The summed E-state index contributed by atoms with van der Waals surface area (Å²) in [6, 6.07) is 10.6. The first-order valence-electron chi connectivity index (χ1n) is 6.18. The molecular formula is C15H16F2N2O. The molecule has 0 heterocycles. The Kier molecular flexibility index (Phi) is 4.65. The molecule has 2 rings (SSSR count). The van der Waals surface area contributed by atoms with Crippen LogP contribution in [0.15, 0.2) is 42.5 Å². The lowest BCUT2D eigenvalue weighted by atomic mass is 9.99. The maximum Gasteiger partial charge on any atom is 0.165 e. The van der Waals surface area contributed by atoms with Gasteiger partial charge >= 0.3 is 0 Å². The van der Waals surface area contributed by atoms with Gasteiger partial charge in [-0.25, -0.2) is 8.78 Å². The van der Waals surface area contributed by atoms with Gasteiger partial charge in [-0.05, 0) is 41.8 Å². The van der Waals surface area contributed by atoms with Crippen molar-refractivity contribution in [3.63, 3.8) is 0 Å². The second-order valence-electron chi connectivity index (χ2n) is 4.44. The van der Waals surface area contributed by atoms with Crippen molar-refractivity contribution in [2.24, 2.45) is 5.84 Å². The SMILES string of the molecule is COc1cc(C(Cc2ccc(F)cc2)NN)ccc1F. The third kappa shape index (κ3) is 3.31. The molecule has 106 valence electrons. The van der Waals surface area contributed by atoms with Crippen LogP contribution < -0.4 is 16.0 Å². The number of nitrogens with two attached hydrogens (primary N) is 1. The Hall–Kier alpha value is -1.98. The van der Waals surface area contributed by atoms with Crippen molar-refractivity contribution in [2.45, 2.75) is 12.5 Å².